The molecule has 0 aliphatic heterocycles. The van der Waals surface area contributed by atoms with E-state index in [-0.39, 0.29) is 37.1 Å². The van der Waals surface area contributed by atoms with Crippen molar-refractivity contribution in [2.45, 2.75) is 57.3 Å². The van der Waals surface area contributed by atoms with Gasteiger partial charge in [0.1, 0.15) is 10.8 Å². The quantitative estimate of drug-likeness (QED) is 0.155. The van der Waals surface area contributed by atoms with Gasteiger partial charge in [0.15, 0.2) is 11.0 Å². The number of anilines is 1. The number of hydrogen-bond donors (Lipinski definition) is 2. The molecule has 0 atom stereocenters. The molecule has 10 nitrogen and oxygen atoms in total. The Morgan fingerprint density at radius 2 is 1.75 bits per heavy atom. The summed E-state index contributed by atoms with van der Waals surface area (Å²) in [5, 5.41) is 15.7. The highest BCUT2D eigenvalue weighted by atomic mass is 32.2. The predicted octanol–water partition coefficient (Wildman–Crippen LogP) is 5.04. The maximum absolute atomic E-state index is 13.1. The maximum atomic E-state index is 13.1. The van der Waals surface area contributed by atoms with Crippen molar-refractivity contribution in [3.63, 3.8) is 0 Å². The molecule has 2 amide bonds. The van der Waals surface area contributed by atoms with E-state index in [4.69, 9.17) is 9.47 Å². The number of carbonyl (C=O) groups is 3. The van der Waals surface area contributed by atoms with E-state index in [9.17, 15) is 14.4 Å². The third kappa shape index (κ3) is 7.86. The molecule has 0 saturated heterocycles. The van der Waals surface area contributed by atoms with Crippen LogP contribution in [0.2, 0.25) is 0 Å². The number of benzene rings is 2. The Hall–Kier alpha value is -4.16. The fraction of sp³-hybridized carbons (Fsp3) is 0.344. The van der Waals surface area contributed by atoms with Crippen LogP contribution in [0.5, 0.6) is 5.75 Å². The Bertz CT molecular complexity index is 1600. The van der Waals surface area contributed by atoms with Crippen LogP contribution < -0.4 is 15.4 Å². The Morgan fingerprint density at radius 3 is 2.50 bits per heavy atom. The van der Waals surface area contributed by atoms with Gasteiger partial charge in [0.2, 0.25) is 11.8 Å². The second kappa shape index (κ2) is 15.0. The zero-order valence-corrected chi connectivity index (χ0v) is 26.4. The van der Waals surface area contributed by atoms with E-state index in [1.54, 1.807) is 14.0 Å². The van der Waals surface area contributed by atoms with Crippen LogP contribution in [0.4, 0.5) is 5.00 Å². The average molecular weight is 634 g/mol. The highest BCUT2D eigenvalue weighted by molar-refractivity contribution is 7.99. The van der Waals surface area contributed by atoms with Gasteiger partial charge in [0.05, 0.1) is 44.5 Å². The lowest BCUT2D eigenvalue weighted by atomic mass is 9.95. The number of rotatable bonds is 13. The third-order valence-electron chi connectivity index (χ3n) is 7.18. The fourth-order valence-electron chi connectivity index (χ4n) is 5.02. The van der Waals surface area contributed by atoms with E-state index in [1.165, 1.54) is 23.1 Å². The summed E-state index contributed by atoms with van der Waals surface area (Å²) in [7, 11) is 1.60. The van der Waals surface area contributed by atoms with Gasteiger partial charge in [-0.3, -0.25) is 9.59 Å². The van der Waals surface area contributed by atoms with E-state index >= 15 is 0 Å². The normalized spacial score (nSPS) is 12.3. The lowest BCUT2D eigenvalue weighted by Gasteiger charge is -2.12. The molecule has 0 radical (unpaired) electrons. The molecule has 2 heterocycles. The van der Waals surface area contributed by atoms with Crippen LogP contribution in [-0.2, 0) is 46.7 Å². The smallest absolute Gasteiger partial charge is 0.341 e. The minimum Gasteiger partial charge on any atom is -0.497 e. The number of ether oxygens (including phenoxy) is 2. The van der Waals surface area contributed by atoms with Crippen LogP contribution in [0.25, 0.3) is 0 Å². The second-order valence-electron chi connectivity index (χ2n) is 10.2. The molecule has 230 valence electrons. The van der Waals surface area contributed by atoms with Crippen molar-refractivity contribution in [3.05, 3.63) is 87.6 Å². The summed E-state index contributed by atoms with van der Waals surface area (Å²) in [4.78, 5) is 39.8. The van der Waals surface area contributed by atoms with Crippen LogP contribution >= 0.6 is 23.1 Å². The number of hydrogen-bond acceptors (Lipinski definition) is 9. The molecule has 4 aromatic rings. The van der Waals surface area contributed by atoms with Gasteiger partial charge in [0.25, 0.3) is 0 Å². The highest BCUT2D eigenvalue weighted by Gasteiger charge is 2.27. The summed E-state index contributed by atoms with van der Waals surface area (Å²) in [6.45, 7) is 2.71. The van der Waals surface area contributed by atoms with Gasteiger partial charge in [-0.1, -0.05) is 54.2 Å². The number of thioether (sulfide) groups is 1. The first-order valence-electron chi connectivity index (χ1n) is 14.5. The molecule has 0 saturated carbocycles. The number of esters is 1. The molecule has 5 rings (SSSR count). The van der Waals surface area contributed by atoms with Crippen LogP contribution in [0.3, 0.4) is 0 Å². The topological polar surface area (TPSA) is 124 Å². The van der Waals surface area contributed by atoms with Gasteiger partial charge < -0.3 is 24.7 Å². The van der Waals surface area contributed by atoms with Crippen molar-refractivity contribution < 1.29 is 23.9 Å². The molecule has 0 bridgehead atoms. The SMILES string of the molecule is CCOC(=O)c1c(NC(=O)CSc2nnc(CNC(=O)Cc3ccc(OC)cc3)n2Cc2ccccc2)sc2c1CCCC2. The zero-order valence-electron chi connectivity index (χ0n) is 24.8. The standard InChI is InChI=1S/C32H35N5O5S2/c1-3-42-31(40)29-24-11-7-8-12-25(24)44-30(29)34-28(39)20-43-32-36-35-26(37(32)19-22-9-5-4-6-10-22)18-33-27(38)17-21-13-15-23(41-2)16-14-21/h4-6,9-10,13-16H,3,7-8,11-12,17-20H2,1-2H3,(H,33,38)(H,34,39). The van der Waals surface area contributed by atoms with Gasteiger partial charge in [-0.05, 0) is 61.4 Å². The molecular weight excluding hydrogens is 599 g/mol. The number of fused-ring (bicyclic) bond motifs is 1. The number of aryl methyl sites for hydroxylation is 1. The van der Waals surface area contributed by atoms with Gasteiger partial charge in [0, 0.05) is 4.88 Å². The summed E-state index contributed by atoms with van der Waals surface area (Å²) in [6, 6.07) is 17.2. The Kier molecular flexibility index (Phi) is 10.7. The van der Waals surface area contributed by atoms with E-state index in [0.29, 0.717) is 28.1 Å². The van der Waals surface area contributed by atoms with Gasteiger partial charge >= 0.3 is 5.97 Å². The number of amides is 2. The van der Waals surface area contributed by atoms with E-state index in [0.717, 1.165) is 53.0 Å². The fourth-order valence-corrected chi connectivity index (χ4v) is 7.07. The number of nitrogens with one attached hydrogen (secondary N) is 2. The molecule has 0 fully saturated rings. The molecule has 44 heavy (non-hydrogen) atoms. The minimum atomic E-state index is -0.392. The Labute approximate surface area is 264 Å². The third-order valence-corrected chi connectivity index (χ3v) is 9.35. The minimum absolute atomic E-state index is 0.0710. The summed E-state index contributed by atoms with van der Waals surface area (Å²) < 4.78 is 12.4. The second-order valence-corrected chi connectivity index (χ2v) is 12.3. The number of nitrogens with zero attached hydrogens (tertiary/aromatic N) is 3. The van der Waals surface area contributed by atoms with Crippen molar-refractivity contribution in [2.24, 2.45) is 0 Å². The van der Waals surface area contributed by atoms with E-state index in [1.807, 2.05) is 59.2 Å². The average Bonchev–Trinajstić information content (AvgIpc) is 3.60. The summed E-state index contributed by atoms with van der Waals surface area (Å²) in [5.74, 6) is 0.598. The first-order valence-corrected chi connectivity index (χ1v) is 16.3. The van der Waals surface area contributed by atoms with Crippen molar-refractivity contribution >= 4 is 45.9 Å². The van der Waals surface area contributed by atoms with Crippen LogP contribution in [0.15, 0.2) is 59.8 Å². The first-order chi connectivity index (χ1) is 21.4. The Morgan fingerprint density at radius 1 is 0.977 bits per heavy atom. The molecule has 12 heteroatoms. The van der Waals surface area contributed by atoms with Crippen molar-refractivity contribution in [3.8, 4) is 5.75 Å². The number of thiophene rings is 1. The number of carbonyl (C=O) groups excluding carboxylic acids is 3. The van der Waals surface area contributed by atoms with E-state index < -0.39 is 5.97 Å². The molecule has 1 aliphatic carbocycles. The molecular formula is C32H35N5O5S2. The van der Waals surface area contributed by atoms with E-state index in [2.05, 4.69) is 20.8 Å². The molecule has 1 aliphatic rings. The largest absolute Gasteiger partial charge is 0.497 e. The van der Waals surface area contributed by atoms with Gasteiger partial charge in [-0.2, -0.15) is 0 Å². The van der Waals surface area contributed by atoms with Crippen LogP contribution in [0.1, 0.15) is 57.5 Å². The summed E-state index contributed by atoms with van der Waals surface area (Å²) in [6.07, 6.45) is 4.02. The summed E-state index contributed by atoms with van der Waals surface area (Å²) in [5.41, 5.74) is 3.40. The molecule has 0 unspecified atom stereocenters. The number of aromatic nitrogens is 3. The number of methoxy groups -OCH3 is 1. The highest BCUT2D eigenvalue weighted by Crippen LogP contribution is 2.38. The van der Waals surface area contributed by atoms with Crippen molar-refractivity contribution in [1.82, 2.24) is 20.1 Å². The van der Waals surface area contributed by atoms with Gasteiger partial charge in [-0.15, -0.1) is 21.5 Å². The predicted molar refractivity (Wildman–Crippen MR) is 170 cm³/mol. The zero-order chi connectivity index (χ0) is 30.9. The van der Waals surface area contributed by atoms with Crippen LogP contribution in [0, 0.1) is 0 Å². The molecule has 2 N–H and O–H groups in total. The lowest BCUT2D eigenvalue weighted by Crippen LogP contribution is -2.26. The molecule has 0 spiro atoms. The van der Waals surface area contributed by atoms with Crippen molar-refractivity contribution in [1.29, 1.82) is 0 Å². The van der Waals surface area contributed by atoms with Crippen LogP contribution in [-0.4, -0.2) is 52.0 Å². The molecule has 2 aromatic heterocycles. The Balaban J connectivity index is 1.26. The van der Waals surface area contributed by atoms with Crippen molar-refractivity contribution in [2.75, 3.05) is 24.8 Å². The maximum Gasteiger partial charge on any atom is 0.341 e. The summed E-state index contributed by atoms with van der Waals surface area (Å²) >= 11 is 2.72. The molecule has 2 aromatic carbocycles. The lowest BCUT2D eigenvalue weighted by molar-refractivity contribution is -0.120. The monoisotopic (exact) mass is 633 g/mol. The first kappa shape index (κ1) is 31.3. The van der Waals surface area contributed by atoms with Gasteiger partial charge in [-0.25, -0.2) is 4.79 Å².